The summed E-state index contributed by atoms with van der Waals surface area (Å²) < 4.78 is 2.15. The topological polar surface area (TPSA) is 63.1 Å². The van der Waals surface area contributed by atoms with Gasteiger partial charge in [-0.1, -0.05) is 0 Å². The second kappa shape index (κ2) is 5.71. The molecule has 3 rings (SSSR count). The number of carbonyl (C=O) groups is 1. The van der Waals surface area contributed by atoms with E-state index in [1.54, 1.807) is 6.20 Å². The minimum Gasteiger partial charge on any atom is -0.336 e. The smallest absolute Gasteiger partial charge is 0.317 e. The molecule has 0 bridgehead atoms. The van der Waals surface area contributed by atoms with Gasteiger partial charge < -0.3 is 14.8 Å². The summed E-state index contributed by atoms with van der Waals surface area (Å²) in [7, 11) is 0. The summed E-state index contributed by atoms with van der Waals surface area (Å²) in [5, 5.41) is 2.95. The van der Waals surface area contributed by atoms with Crippen LogP contribution in [0.2, 0.25) is 0 Å². The Morgan fingerprint density at radius 1 is 1.33 bits per heavy atom. The van der Waals surface area contributed by atoms with Crippen molar-refractivity contribution in [3.63, 3.8) is 0 Å². The highest BCUT2D eigenvalue weighted by Gasteiger charge is 2.25. The number of pyridine rings is 1. The number of imidazole rings is 1. The van der Waals surface area contributed by atoms with E-state index in [2.05, 4.69) is 19.9 Å². The molecule has 0 unspecified atom stereocenters. The lowest BCUT2D eigenvalue weighted by Crippen LogP contribution is -2.46. The van der Waals surface area contributed by atoms with Crippen LogP contribution in [0.25, 0.3) is 11.2 Å². The van der Waals surface area contributed by atoms with E-state index in [0.717, 1.165) is 37.1 Å². The fourth-order valence-electron chi connectivity index (χ4n) is 2.82. The molecule has 6 nitrogen and oxygen atoms in total. The first-order chi connectivity index (χ1) is 10.1. The van der Waals surface area contributed by atoms with E-state index in [4.69, 9.17) is 0 Å². The summed E-state index contributed by atoms with van der Waals surface area (Å²) in [5.74, 6) is 0. The SMILES string of the molecule is CC(C)NC(=O)N1CCC(n2cnc3cccnc32)CC1. The van der Waals surface area contributed by atoms with Gasteiger partial charge in [0.1, 0.15) is 5.52 Å². The lowest BCUT2D eigenvalue weighted by molar-refractivity contribution is 0.170. The molecule has 2 aromatic heterocycles. The van der Waals surface area contributed by atoms with Gasteiger partial charge in [-0.05, 0) is 38.8 Å². The van der Waals surface area contributed by atoms with Crippen LogP contribution in [0.3, 0.4) is 0 Å². The lowest BCUT2D eigenvalue weighted by Gasteiger charge is -2.33. The number of hydrogen-bond donors (Lipinski definition) is 1. The van der Waals surface area contributed by atoms with E-state index in [9.17, 15) is 4.79 Å². The number of amides is 2. The lowest BCUT2D eigenvalue weighted by atomic mass is 10.1. The van der Waals surface area contributed by atoms with Crippen molar-refractivity contribution in [2.45, 2.75) is 38.8 Å². The normalized spacial score (nSPS) is 16.6. The van der Waals surface area contributed by atoms with Gasteiger partial charge in [0.05, 0.1) is 6.33 Å². The molecule has 21 heavy (non-hydrogen) atoms. The van der Waals surface area contributed by atoms with Gasteiger partial charge in [0.2, 0.25) is 0 Å². The van der Waals surface area contributed by atoms with Gasteiger partial charge in [0.25, 0.3) is 0 Å². The molecule has 0 spiro atoms. The molecule has 0 radical (unpaired) electrons. The number of rotatable bonds is 2. The largest absolute Gasteiger partial charge is 0.336 e. The summed E-state index contributed by atoms with van der Waals surface area (Å²) in [5.41, 5.74) is 1.86. The van der Waals surface area contributed by atoms with E-state index in [1.807, 2.05) is 37.2 Å². The van der Waals surface area contributed by atoms with E-state index in [-0.39, 0.29) is 12.1 Å². The first kappa shape index (κ1) is 13.9. The minimum absolute atomic E-state index is 0.0389. The maximum absolute atomic E-state index is 12.0. The molecular formula is C15H21N5O. The van der Waals surface area contributed by atoms with Gasteiger partial charge in [0, 0.05) is 31.4 Å². The van der Waals surface area contributed by atoms with Crippen LogP contribution in [0.4, 0.5) is 4.79 Å². The van der Waals surface area contributed by atoms with Crippen molar-refractivity contribution >= 4 is 17.2 Å². The Hall–Kier alpha value is -2.11. The average molecular weight is 287 g/mol. The molecule has 2 amide bonds. The fourth-order valence-corrected chi connectivity index (χ4v) is 2.82. The van der Waals surface area contributed by atoms with E-state index in [0.29, 0.717) is 6.04 Å². The highest BCUT2D eigenvalue weighted by molar-refractivity contribution is 5.74. The summed E-state index contributed by atoms with van der Waals surface area (Å²) in [6.07, 6.45) is 5.54. The van der Waals surface area contributed by atoms with E-state index >= 15 is 0 Å². The van der Waals surface area contributed by atoms with Crippen molar-refractivity contribution in [1.82, 2.24) is 24.8 Å². The van der Waals surface area contributed by atoms with Crippen LogP contribution in [0.1, 0.15) is 32.7 Å². The number of urea groups is 1. The Morgan fingerprint density at radius 2 is 2.10 bits per heavy atom. The molecule has 1 aliphatic rings. The van der Waals surface area contributed by atoms with Crippen molar-refractivity contribution in [2.75, 3.05) is 13.1 Å². The Morgan fingerprint density at radius 3 is 2.81 bits per heavy atom. The fraction of sp³-hybridized carbons (Fsp3) is 0.533. The Bertz CT molecular complexity index is 628. The van der Waals surface area contributed by atoms with Crippen molar-refractivity contribution in [2.24, 2.45) is 0 Å². The molecule has 1 saturated heterocycles. The highest BCUT2D eigenvalue weighted by atomic mass is 16.2. The highest BCUT2D eigenvalue weighted by Crippen LogP contribution is 2.25. The van der Waals surface area contributed by atoms with E-state index < -0.39 is 0 Å². The number of hydrogen-bond acceptors (Lipinski definition) is 3. The molecule has 2 aromatic rings. The zero-order valence-corrected chi connectivity index (χ0v) is 12.5. The van der Waals surface area contributed by atoms with Gasteiger partial charge in [0.15, 0.2) is 5.65 Å². The van der Waals surface area contributed by atoms with Crippen LogP contribution in [0, 0.1) is 0 Å². The first-order valence-corrected chi connectivity index (χ1v) is 7.48. The monoisotopic (exact) mass is 287 g/mol. The average Bonchev–Trinajstić information content (AvgIpc) is 2.90. The number of fused-ring (bicyclic) bond motifs is 1. The molecule has 6 heteroatoms. The molecule has 1 aliphatic heterocycles. The van der Waals surface area contributed by atoms with Gasteiger partial charge in [-0.3, -0.25) is 0 Å². The molecule has 3 heterocycles. The molecule has 0 atom stereocenters. The molecule has 0 saturated carbocycles. The summed E-state index contributed by atoms with van der Waals surface area (Å²) >= 11 is 0. The van der Waals surface area contributed by atoms with Crippen LogP contribution in [-0.2, 0) is 0 Å². The third-order valence-electron chi connectivity index (χ3n) is 3.89. The summed E-state index contributed by atoms with van der Waals surface area (Å²) in [6.45, 7) is 5.51. The molecule has 1 fully saturated rings. The minimum atomic E-state index is 0.0389. The van der Waals surface area contributed by atoms with Crippen molar-refractivity contribution in [1.29, 1.82) is 0 Å². The van der Waals surface area contributed by atoms with Crippen LogP contribution in [-0.4, -0.2) is 44.6 Å². The second-order valence-corrected chi connectivity index (χ2v) is 5.82. The van der Waals surface area contributed by atoms with Crippen LogP contribution < -0.4 is 5.32 Å². The summed E-state index contributed by atoms with van der Waals surface area (Å²) in [4.78, 5) is 22.7. The number of aromatic nitrogens is 3. The number of likely N-dealkylation sites (tertiary alicyclic amines) is 1. The molecule has 0 aliphatic carbocycles. The molecule has 1 N–H and O–H groups in total. The zero-order valence-electron chi connectivity index (χ0n) is 12.5. The molecular weight excluding hydrogens is 266 g/mol. The van der Waals surface area contributed by atoms with Crippen LogP contribution in [0.5, 0.6) is 0 Å². The zero-order chi connectivity index (χ0) is 14.8. The van der Waals surface area contributed by atoms with Crippen molar-refractivity contribution in [3.8, 4) is 0 Å². The summed E-state index contributed by atoms with van der Waals surface area (Å²) in [6, 6.07) is 4.46. The third-order valence-corrected chi connectivity index (χ3v) is 3.89. The number of piperidine rings is 1. The van der Waals surface area contributed by atoms with E-state index in [1.165, 1.54) is 0 Å². The first-order valence-electron chi connectivity index (χ1n) is 7.48. The number of nitrogens with zero attached hydrogens (tertiary/aromatic N) is 4. The molecule has 0 aromatic carbocycles. The van der Waals surface area contributed by atoms with Gasteiger partial charge in [-0.15, -0.1) is 0 Å². The quantitative estimate of drug-likeness (QED) is 0.921. The third kappa shape index (κ3) is 2.84. The Labute approximate surface area is 124 Å². The maximum atomic E-state index is 12.0. The van der Waals surface area contributed by atoms with Crippen molar-refractivity contribution < 1.29 is 4.79 Å². The Balaban J connectivity index is 1.67. The van der Waals surface area contributed by atoms with Crippen LogP contribution >= 0.6 is 0 Å². The van der Waals surface area contributed by atoms with Gasteiger partial charge >= 0.3 is 6.03 Å². The standard InChI is InChI=1S/C15H21N5O/c1-11(2)18-15(21)19-8-5-12(6-9-19)20-10-17-13-4-3-7-16-14(13)20/h3-4,7,10-12H,5-6,8-9H2,1-2H3,(H,18,21). The van der Waals surface area contributed by atoms with Crippen LogP contribution in [0.15, 0.2) is 24.7 Å². The van der Waals surface area contributed by atoms with Gasteiger partial charge in [-0.25, -0.2) is 14.8 Å². The Kier molecular flexibility index (Phi) is 3.77. The maximum Gasteiger partial charge on any atom is 0.317 e. The van der Waals surface area contributed by atoms with Gasteiger partial charge in [-0.2, -0.15) is 0 Å². The molecule has 112 valence electrons. The number of nitrogens with one attached hydrogen (secondary N) is 1. The predicted molar refractivity (Wildman–Crippen MR) is 81.0 cm³/mol. The second-order valence-electron chi connectivity index (χ2n) is 5.82. The number of carbonyl (C=O) groups excluding carboxylic acids is 1. The predicted octanol–water partition coefficient (Wildman–Crippen LogP) is 2.19. The van der Waals surface area contributed by atoms with Crippen molar-refractivity contribution in [3.05, 3.63) is 24.7 Å².